The summed E-state index contributed by atoms with van der Waals surface area (Å²) < 4.78 is 23.5. The minimum absolute atomic E-state index is 0.140. The molecule has 0 fully saturated rings. The highest BCUT2D eigenvalue weighted by atomic mass is 32.1. The van der Waals surface area contributed by atoms with E-state index in [1.165, 1.54) is 11.3 Å². The van der Waals surface area contributed by atoms with Crippen molar-refractivity contribution < 1.29 is 23.7 Å². The summed E-state index contributed by atoms with van der Waals surface area (Å²) in [5.74, 6) is 2.97. The minimum atomic E-state index is -0.303. The van der Waals surface area contributed by atoms with Crippen LogP contribution in [0.15, 0.2) is 53.9 Å². The normalized spacial score (nSPS) is 11.9. The second-order valence-electron chi connectivity index (χ2n) is 7.41. The Morgan fingerprint density at radius 2 is 1.85 bits per heavy atom. The van der Waals surface area contributed by atoms with E-state index in [2.05, 4.69) is 10.4 Å². The maximum Gasteiger partial charge on any atom is 0.263 e. The van der Waals surface area contributed by atoms with Crippen LogP contribution in [-0.4, -0.2) is 40.7 Å². The zero-order valence-electron chi connectivity index (χ0n) is 18.6. The Bertz CT molecular complexity index is 1320. The van der Waals surface area contributed by atoms with Gasteiger partial charge in [0.15, 0.2) is 18.1 Å². The molecular weight excluding hydrogens is 456 g/mol. The van der Waals surface area contributed by atoms with Crippen molar-refractivity contribution >= 4 is 23.1 Å². The molecule has 1 N–H and O–H groups in total. The smallest absolute Gasteiger partial charge is 0.263 e. The highest BCUT2D eigenvalue weighted by Gasteiger charge is 2.17. The van der Waals surface area contributed by atoms with Gasteiger partial charge in [0.05, 0.1) is 18.0 Å². The Hall–Kier alpha value is -4.05. The summed E-state index contributed by atoms with van der Waals surface area (Å²) in [6.45, 7) is 4.45. The first-order chi connectivity index (χ1) is 16.6. The topological polar surface area (TPSA) is 96.7 Å². The van der Waals surface area contributed by atoms with Crippen LogP contribution < -0.4 is 24.3 Å². The van der Waals surface area contributed by atoms with E-state index < -0.39 is 0 Å². The molecule has 0 atom stereocenters. The van der Waals surface area contributed by atoms with Gasteiger partial charge in [0.25, 0.3) is 5.91 Å². The molecule has 1 aliphatic heterocycles. The maximum atomic E-state index is 12.5. The van der Waals surface area contributed by atoms with Crippen molar-refractivity contribution in [2.45, 2.75) is 13.8 Å². The van der Waals surface area contributed by atoms with E-state index in [0.29, 0.717) is 29.1 Å². The lowest BCUT2D eigenvalue weighted by atomic mass is 10.1. The number of carbonyl (C=O) groups is 1. The van der Waals surface area contributed by atoms with Crippen LogP contribution in [0.2, 0.25) is 0 Å². The van der Waals surface area contributed by atoms with Crippen molar-refractivity contribution in [2.75, 3.05) is 25.3 Å². The van der Waals surface area contributed by atoms with E-state index in [1.54, 1.807) is 35.0 Å². The number of amides is 1. The molecule has 0 saturated carbocycles. The van der Waals surface area contributed by atoms with Gasteiger partial charge in [0, 0.05) is 17.0 Å². The molecule has 0 aliphatic carbocycles. The molecule has 2 aromatic carbocycles. The summed E-state index contributed by atoms with van der Waals surface area (Å²) in [5.41, 5.74) is 2.44. The van der Waals surface area contributed by atoms with E-state index in [9.17, 15) is 4.79 Å². The SMILES string of the molecule is CCOc1ccc(OCC(=O)Nc2cc(C)nn2-c2nc(-c3ccc4c(c3)OCO4)cs2)cc1. The zero-order valence-corrected chi connectivity index (χ0v) is 19.4. The number of fused-ring (bicyclic) bond motifs is 1. The average Bonchev–Trinajstić information content (AvgIpc) is 3.58. The van der Waals surface area contributed by atoms with Gasteiger partial charge in [-0.2, -0.15) is 9.78 Å². The lowest BCUT2D eigenvalue weighted by molar-refractivity contribution is -0.118. The number of rotatable bonds is 8. The Kier molecular flexibility index (Phi) is 6.05. The largest absolute Gasteiger partial charge is 0.494 e. The van der Waals surface area contributed by atoms with E-state index in [-0.39, 0.29) is 19.3 Å². The van der Waals surface area contributed by atoms with E-state index >= 15 is 0 Å². The van der Waals surface area contributed by atoms with Crippen LogP contribution in [-0.2, 0) is 4.79 Å². The van der Waals surface area contributed by atoms with Crippen molar-refractivity contribution in [3.8, 4) is 39.4 Å². The predicted molar refractivity (Wildman–Crippen MR) is 127 cm³/mol. The molecule has 0 bridgehead atoms. The van der Waals surface area contributed by atoms with E-state index in [1.807, 2.05) is 37.4 Å². The lowest BCUT2D eigenvalue weighted by Crippen LogP contribution is -2.21. The zero-order chi connectivity index (χ0) is 23.5. The van der Waals surface area contributed by atoms with Crippen LogP contribution in [0, 0.1) is 6.92 Å². The molecule has 0 radical (unpaired) electrons. The summed E-state index contributed by atoms with van der Waals surface area (Å²) >= 11 is 1.42. The molecule has 1 aliphatic rings. The number of anilines is 1. The molecule has 10 heteroatoms. The van der Waals surface area contributed by atoms with E-state index in [0.717, 1.165) is 28.5 Å². The third kappa shape index (κ3) is 4.67. The van der Waals surface area contributed by atoms with Gasteiger partial charge >= 0.3 is 0 Å². The fourth-order valence-corrected chi connectivity index (χ4v) is 4.21. The first kappa shape index (κ1) is 21.8. The molecule has 3 heterocycles. The molecule has 5 rings (SSSR count). The van der Waals surface area contributed by atoms with Crippen molar-refractivity contribution in [2.24, 2.45) is 0 Å². The molecule has 1 amide bonds. The highest BCUT2D eigenvalue weighted by molar-refractivity contribution is 7.12. The molecule has 0 spiro atoms. The number of nitrogens with zero attached hydrogens (tertiary/aromatic N) is 3. The summed E-state index contributed by atoms with van der Waals surface area (Å²) in [6.07, 6.45) is 0. The van der Waals surface area contributed by atoms with Crippen molar-refractivity contribution in [1.29, 1.82) is 0 Å². The number of ether oxygens (including phenoxy) is 4. The number of hydrogen-bond acceptors (Lipinski definition) is 8. The first-order valence-electron chi connectivity index (χ1n) is 10.7. The monoisotopic (exact) mass is 478 g/mol. The molecule has 9 nitrogen and oxygen atoms in total. The molecule has 2 aromatic heterocycles. The summed E-state index contributed by atoms with van der Waals surface area (Å²) in [4.78, 5) is 17.2. The highest BCUT2D eigenvalue weighted by Crippen LogP contribution is 2.36. The van der Waals surface area contributed by atoms with Crippen LogP contribution in [0.25, 0.3) is 16.4 Å². The summed E-state index contributed by atoms with van der Waals surface area (Å²) in [5, 5.41) is 9.91. The van der Waals surface area contributed by atoms with Crippen LogP contribution in [0.1, 0.15) is 12.6 Å². The number of hydrogen-bond donors (Lipinski definition) is 1. The van der Waals surface area contributed by atoms with Crippen molar-refractivity contribution in [3.05, 3.63) is 59.6 Å². The molecule has 174 valence electrons. The fourth-order valence-electron chi connectivity index (χ4n) is 3.41. The second kappa shape index (κ2) is 9.44. The predicted octanol–water partition coefficient (Wildman–Crippen LogP) is 4.45. The van der Waals surface area contributed by atoms with Gasteiger partial charge < -0.3 is 24.3 Å². The number of carbonyl (C=O) groups excluding carboxylic acids is 1. The van der Waals surface area contributed by atoms with Crippen LogP contribution in [0.3, 0.4) is 0 Å². The average molecular weight is 479 g/mol. The van der Waals surface area contributed by atoms with E-state index in [4.69, 9.17) is 23.9 Å². The summed E-state index contributed by atoms with van der Waals surface area (Å²) in [6, 6.07) is 14.6. The number of aryl methyl sites for hydroxylation is 1. The van der Waals surface area contributed by atoms with Gasteiger partial charge in [-0.1, -0.05) is 0 Å². The van der Waals surface area contributed by atoms with Gasteiger partial charge in [-0.05, 0) is 56.3 Å². The van der Waals surface area contributed by atoms with Gasteiger partial charge in [-0.25, -0.2) is 4.98 Å². The van der Waals surface area contributed by atoms with Crippen LogP contribution >= 0.6 is 11.3 Å². The fraction of sp³-hybridized carbons (Fsp3) is 0.208. The molecular formula is C24H22N4O5S. The molecule has 4 aromatic rings. The second-order valence-corrected chi connectivity index (χ2v) is 8.24. The Morgan fingerprint density at radius 1 is 1.09 bits per heavy atom. The Labute approximate surface area is 199 Å². The van der Waals surface area contributed by atoms with Crippen LogP contribution in [0.4, 0.5) is 5.82 Å². The lowest BCUT2D eigenvalue weighted by Gasteiger charge is -2.09. The van der Waals surface area contributed by atoms with Gasteiger partial charge in [-0.3, -0.25) is 4.79 Å². The van der Waals surface area contributed by atoms with Crippen LogP contribution in [0.5, 0.6) is 23.0 Å². The standard InChI is InChI=1S/C24H22N4O5S/c1-3-30-17-5-7-18(8-6-17)31-12-23(29)26-22-10-15(2)27-28(22)24-25-19(13-34-24)16-4-9-20-21(11-16)33-14-32-20/h4-11,13H,3,12,14H2,1-2H3,(H,26,29). The molecule has 0 unspecified atom stereocenters. The van der Waals surface area contributed by atoms with Gasteiger partial charge in [0.2, 0.25) is 11.9 Å². The van der Waals surface area contributed by atoms with Gasteiger partial charge in [0.1, 0.15) is 17.3 Å². The number of thiazole rings is 1. The molecule has 0 saturated heterocycles. The first-order valence-corrected chi connectivity index (χ1v) is 11.5. The van der Waals surface area contributed by atoms with Crippen molar-refractivity contribution in [1.82, 2.24) is 14.8 Å². The van der Waals surface area contributed by atoms with Crippen molar-refractivity contribution in [3.63, 3.8) is 0 Å². The Morgan fingerprint density at radius 3 is 2.65 bits per heavy atom. The number of nitrogens with one attached hydrogen (secondary N) is 1. The Balaban J connectivity index is 1.27. The third-order valence-corrected chi connectivity index (χ3v) is 5.76. The minimum Gasteiger partial charge on any atom is -0.494 e. The third-order valence-electron chi connectivity index (χ3n) is 4.95. The maximum absolute atomic E-state index is 12.5. The quantitative estimate of drug-likeness (QED) is 0.400. The number of benzene rings is 2. The number of aromatic nitrogens is 3. The summed E-state index contributed by atoms with van der Waals surface area (Å²) in [7, 11) is 0. The molecule has 34 heavy (non-hydrogen) atoms. The van der Waals surface area contributed by atoms with Gasteiger partial charge in [-0.15, -0.1) is 11.3 Å².